The molecule has 4 heteroatoms. The van der Waals surface area contributed by atoms with Gasteiger partial charge < -0.3 is 10.5 Å². The first-order chi connectivity index (χ1) is 7.07. The molecule has 0 bridgehead atoms. The molecule has 0 amide bonds. The third-order valence-electron chi connectivity index (χ3n) is 1.98. The Morgan fingerprint density at radius 3 is 2.73 bits per heavy atom. The molecular weight excluding hydrogens is 192 g/mol. The van der Waals surface area contributed by atoms with Gasteiger partial charge >= 0.3 is 5.97 Å². The monoisotopic (exact) mass is 212 g/mol. The van der Waals surface area contributed by atoms with Gasteiger partial charge in [0.2, 0.25) is 0 Å². The Hall–Kier alpha value is -1.32. The molecule has 4 nitrogen and oxygen atoms in total. The zero-order valence-corrected chi connectivity index (χ0v) is 9.69. The molecule has 0 aromatic heterocycles. The van der Waals surface area contributed by atoms with Crippen LogP contribution in [0.2, 0.25) is 0 Å². The van der Waals surface area contributed by atoms with Gasteiger partial charge in [-0.3, -0.25) is 9.79 Å². The Morgan fingerprint density at radius 1 is 1.53 bits per heavy atom. The summed E-state index contributed by atoms with van der Waals surface area (Å²) in [6.07, 6.45) is 5.61. The van der Waals surface area contributed by atoms with Gasteiger partial charge in [0, 0.05) is 0 Å². The summed E-state index contributed by atoms with van der Waals surface area (Å²) < 4.78 is 4.62. The highest BCUT2D eigenvalue weighted by atomic mass is 16.5. The summed E-state index contributed by atoms with van der Waals surface area (Å²) in [4.78, 5) is 15.0. The van der Waals surface area contributed by atoms with E-state index in [1.165, 1.54) is 7.11 Å². The molecule has 0 heterocycles. The van der Waals surface area contributed by atoms with Crippen LogP contribution in [0.25, 0.3) is 0 Å². The SMILES string of the molecule is COC(=O)[C@@H](C)CC/C=C/CN=C(C)N. The normalized spacial score (nSPS) is 14.2. The third kappa shape index (κ3) is 7.73. The predicted octanol–water partition coefficient (Wildman–Crippen LogP) is 1.51. The van der Waals surface area contributed by atoms with Gasteiger partial charge in [0.05, 0.1) is 25.4 Å². The van der Waals surface area contributed by atoms with E-state index < -0.39 is 0 Å². The molecule has 86 valence electrons. The van der Waals surface area contributed by atoms with Crippen LogP contribution in [0.15, 0.2) is 17.1 Å². The number of nitrogens with zero attached hydrogens (tertiary/aromatic N) is 1. The highest BCUT2D eigenvalue weighted by Gasteiger charge is 2.10. The fraction of sp³-hybridized carbons (Fsp3) is 0.636. The van der Waals surface area contributed by atoms with Crippen LogP contribution in [0.1, 0.15) is 26.7 Å². The van der Waals surface area contributed by atoms with Gasteiger partial charge in [-0.2, -0.15) is 0 Å². The predicted molar refractivity (Wildman–Crippen MR) is 61.7 cm³/mol. The van der Waals surface area contributed by atoms with E-state index in [1.54, 1.807) is 6.92 Å². The summed E-state index contributed by atoms with van der Waals surface area (Å²) >= 11 is 0. The van der Waals surface area contributed by atoms with Gasteiger partial charge in [-0.1, -0.05) is 19.1 Å². The number of aliphatic imine (C=N–C) groups is 1. The molecule has 0 fully saturated rings. The minimum atomic E-state index is -0.153. The van der Waals surface area contributed by atoms with Crippen molar-refractivity contribution in [1.29, 1.82) is 0 Å². The molecule has 15 heavy (non-hydrogen) atoms. The van der Waals surface area contributed by atoms with Crippen LogP contribution in [0.3, 0.4) is 0 Å². The first-order valence-corrected chi connectivity index (χ1v) is 5.07. The lowest BCUT2D eigenvalue weighted by Crippen LogP contribution is -2.11. The quantitative estimate of drug-likeness (QED) is 0.314. The van der Waals surface area contributed by atoms with Crippen molar-refractivity contribution >= 4 is 11.8 Å². The van der Waals surface area contributed by atoms with Crippen molar-refractivity contribution in [2.24, 2.45) is 16.6 Å². The van der Waals surface area contributed by atoms with Gasteiger partial charge in [-0.15, -0.1) is 0 Å². The second-order valence-corrected chi connectivity index (χ2v) is 3.46. The van der Waals surface area contributed by atoms with E-state index in [4.69, 9.17) is 5.73 Å². The van der Waals surface area contributed by atoms with E-state index in [1.807, 2.05) is 19.1 Å². The summed E-state index contributed by atoms with van der Waals surface area (Å²) in [5.74, 6) is 0.390. The highest BCUT2D eigenvalue weighted by molar-refractivity contribution is 5.77. The van der Waals surface area contributed by atoms with Crippen molar-refractivity contribution in [2.45, 2.75) is 26.7 Å². The lowest BCUT2D eigenvalue weighted by atomic mass is 10.1. The number of allylic oxidation sites excluding steroid dienone is 1. The summed E-state index contributed by atoms with van der Waals surface area (Å²) in [5, 5.41) is 0. The highest BCUT2D eigenvalue weighted by Crippen LogP contribution is 2.07. The summed E-state index contributed by atoms with van der Waals surface area (Å²) in [5.41, 5.74) is 5.37. The maximum absolute atomic E-state index is 11.0. The van der Waals surface area contributed by atoms with Crippen LogP contribution < -0.4 is 5.73 Å². The molecule has 0 saturated heterocycles. The number of hydrogen-bond donors (Lipinski definition) is 1. The van der Waals surface area contributed by atoms with Crippen molar-refractivity contribution < 1.29 is 9.53 Å². The Morgan fingerprint density at radius 2 is 2.20 bits per heavy atom. The van der Waals surface area contributed by atoms with Crippen molar-refractivity contribution in [3.63, 3.8) is 0 Å². The number of carbonyl (C=O) groups is 1. The zero-order valence-electron chi connectivity index (χ0n) is 9.69. The summed E-state index contributed by atoms with van der Waals surface area (Å²) in [6.45, 7) is 4.23. The number of carbonyl (C=O) groups excluding carboxylic acids is 1. The Balaban J connectivity index is 3.61. The molecule has 0 radical (unpaired) electrons. The van der Waals surface area contributed by atoms with Crippen molar-refractivity contribution in [3.8, 4) is 0 Å². The van der Waals surface area contributed by atoms with Gasteiger partial charge in [0.25, 0.3) is 0 Å². The van der Waals surface area contributed by atoms with Crippen LogP contribution >= 0.6 is 0 Å². The standard InChI is InChI=1S/C11H20N2O2/c1-9(11(14)15-3)7-5-4-6-8-13-10(2)12/h4,6,9H,5,7-8H2,1-3H3,(H2,12,13)/b6-4+/t9-/m0/s1. The molecular formula is C11H20N2O2. The van der Waals surface area contributed by atoms with Crippen molar-refractivity contribution in [2.75, 3.05) is 13.7 Å². The molecule has 0 aliphatic rings. The summed E-state index contributed by atoms with van der Waals surface area (Å²) in [6, 6.07) is 0. The van der Waals surface area contributed by atoms with Gasteiger partial charge in [0.1, 0.15) is 0 Å². The van der Waals surface area contributed by atoms with Gasteiger partial charge in [-0.05, 0) is 19.8 Å². The molecule has 1 atom stereocenters. The number of esters is 1. The molecule has 0 saturated carbocycles. The van der Waals surface area contributed by atoms with Crippen molar-refractivity contribution in [3.05, 3.63) is 12.2 Å². The second-order valence-electron chi connectivity index (χ2n) is 3.46. The average molecular weight is 212 g/mol. The van der Waals surface area contributed by atoms with Gasteiger partial charge in [0.15, 0.2) is 0 Å². The minimum Gasteiger partial charge on any atom is -0.469 e. The number of nitrogens with two attached hydrogens (primary N) is 1. The second kappa shape index (κ2) is 8.03. The van der Waals surface area contributed by atoms with E-state index in [0.29, 0.717) is 12.4 Å². The smallest absolute Gasteiger partial charge is 0.308 e. The van der Waals surface area contributed by atoms with Crippen LogP contribution in [0.5, 0.6) is 0 Å². The maximum Gasteiger partial charge on any atom is 0.308 e. The van der Waals surface area contributed by atoms with Crippen LogP contribution in [-0.2, 0) is 9.53 Å². The molecule has 0 spiro atoms. The number of rotatable bonds is 6. The lowest BCUT2D eigenvalue weighted by Gasteiger charge is -2.05. The van der Waals surface area contributed by atoms with E-state index in [2.05, 4.69) is 9.73 Å². The maximum atomic E-state index is 11.0. The zero-order chi connectivity index (χ0) is 11.7. The van der Waals surface area contributed by atoms with E-state index in [-0.39, 0.29) is 11.9 Å². The largest absolute Gasteiger partial charge is 0.469 e. The van der Waals surface area contributed by atoms with Crippen LogP contribution in [0, 0.1) is 5.92 Å². The molecule has 0 aromatic carbocycles. The molecule has 0 rings (SSSR count). The molecule has 0 aliphatic carbocycles. The van der Waals surface area contributed by atoms with Gasteiger partial charge in [-0.25, -0.2) is 0 Å². The van der Waals surface area contributed by atoms with E-state index >= 15 is 0 Å². The minimum absolute atomic E-state index is 0.0422. The van der Waals surface area contributed by atoms with E-state index in [9.17, 15) is 4.79 Å². The number of amidine groups is 1. The first-order valence-electron chi connectivity index (χ1n) is 5.07. The number of hydrogen-bond acceptors (Lipinski definition) is 3. The number of ether oxygens (including phenoxy) is 1. The van der Waals surface area contributed by atoms with Crippen molar-refractivity contribution in [1.82, 2.24) is 0 Å². The topological polar surface area (TPSA) is 64.7 Å². The van der Waals surface area contributed by atoms with Crippen LogP contribution in [-0.4, -0.2) is 25.5 Å². The number of methoxy groups -OCH3 is 1. The molecule has 0 unspecified atom stereocenters. The molecule has 2 N–H and O–H groups in total. The Kier molecular flexibility index (Phi) is 7.32. The molecule has 0 aromatic rings. The van der Waals surface area contributed by atoms with E-state index in [0.717, 1.165) is 12.8 Å². The summed E-state index contributed by atoms with van der Waals surface area (Å²) in [7, 11) is 1.41. The lowest BCUT2D eigenvalue weighted by molar-refractivity contribution is -0.144. The Bertz CT molecular complexity index is 243. The Labute approximate surface area is 91.2 Å². The fourth-order valence-electron chi connectivity index (χ4n) is 1.05. The molecule has 0 aliphatic heterocycles. The fourth-order valence-corrected chi connectivity index (χ4v) is 1.05. The average Bonchev–Trinajstić information content (AvgIpc) is 2.21. The first kappa shape index (κ1) is 13.7. The van der Waals surface area contributed by atoms with Crippen LogP contribution in [0.4, 0.5) is 0 Å². The third-order valence-corrected chi connectivity index (χ3v) is 1.98.